The Bertz CT molecular complexity index is 369. The van der Waals surface area contributed by atoms with Gasteiger partial charge >= 0.3 is 0 Å². The van der Waals surface area contributed by atoms with Crippen molar-refractivity contribution in [2.24, 2.45) is 11.8 Å². The lowest BCUT2D eigenvalue weighted by Gasteiger charge is -2.28. The summed E-state index contributed by atoms with van der Waals surface area (Å²) in [5.74, 6) is 1.07. The first-order valence-electron chi connectivity index (χ1n) is 8.01. The van der Waals surface area contributed by atoms with E-state index in [1.807, 2.05) is 0 Å². The first-order valence-corrected chi connectivity index (χ1v) is 8.01. The number of amides is 2. The molecule has 5 heteroatoms. The monoisotopic (exact) mass is 279 g/mol. The molecule has 2 unspecified atom stereocenters. The van der Waals surface area contributed by atoms with Gasteiger partial charge in [-0.15, -0.1) is 0 Å². The highest BCUT2D eigenvalue weighted by molar-refractivity contribution is 5.81. The largest absolute Gasteiger partial charge is 0.354 e. The summed E-state index contributed by atoms with van der Waals surface area (Å²) in [6.07, 6.45) is 7.52. The predicted octanol–water partition coefficient (Wildman–Crippen LogP) is 0.550. The summed E-state index contributed by atoms with van der Waals surface area (Å²) < 4.78 is 0. The average molecular weight is 279 g/mol. The molecule has 3 aliphatic rings. The molecule has 2 bridgehead atoms. The maximum atomic E-state index is 11.9. The van der Waals surface area contributed by atoms with Gasteiger partial charge in [0.05, 0.1) is 0 Å². The van der Waals surface area contributed by atoms with Crippen molar-refractivity contribution >= 4 is 11.8 Å². The molecule has 20 heavy (non-hydrogen) atoms. The molecule has 3 rings (SSSR count). The van der Waals surface area contributed by atoms with E-state index in [0.29, 0.717) is 37.5 Å². The average Bonchev–Trinajstić information content (AvgIpc) is 3.21. The number of hydrogen-bond donors (Lipinski definition) is 3. The second-order valence-electron chi connectivity index (χ2n) is 6.59. The molecular formula is C15H25N3O2. The van der Waals surface area contributed by atoms with Crippen molar-refractivity contribution in [1.82, 2.24) is 16.0 Å². The molecule has 0 aromatic rings. The molecule has 2 heterocycles. The highest BCUT2D eigenvalue weighted by atomic mass is 16.2. The highest BCUT2D eigenvalue weighted by Crippen LogP contribution is 2.32. The van der Waals surface area contributed by atoms with Crippen LogP contribution in [0.3, 0.4) is 0 Å². The smallest absolute Gasteiger partial charge is 0.223 e. The molecule has 2 saturated heterocycles. The highest BCUT2D eigenvalue weighted by Gasteiger charge is 2.34. The van der Waals surface area contributed by atoms with E-state index in [1.165, 1.54) is 12.8 Å². The number of fused-ring (bicyclic) bond motifs is 2. The van der Waals surface area contributed by atoms with E-state index in [2.05, 4.69) is 16.0 Å². The second kappa shape index (κ2) is 6.12. The van der Waals surface area contributed by atoms with Crippen LogP contribution in [-0.4, -0.2) is 37.0 Å². The molecule has 0 spiro atoms. The van der Waals surface area contributed by atoms with Crippen LogP contribution in [0.5, 0.6) is 0 Å². The third-order valence-corrected chi connectivity index (χ3v) is 4.74. The van der Waals surface area contributed by atoms with Crippen molar-refractivity contribution in [3.05, 3.63) is 0 Å². The minimum atomic E-state index is 0.136. The fourth-order valence-electron chi connectivity index (χ4n) is 3.55. The van der Waals surface area contributed by atoms with Crippen molar-refractivity contribution in [2.75, 3.05) is 13.1 Å². The van der Waals surface area contributed by atoms with E-state index in [9.17, 15) is 9.59 Å². The van der Waals surface area contributed by atoms with E-state index in [-0.39, 0.29) is 17.7 Å². The lowest BCUT2D eigenvalue weighted by atomic mass is 9.89. The number of rotatable bonds is 6. The van der Waals surface area contributed by atoms with Crippen LogP contribution in [0.1, 0.15) is 44.9 Å². The summed E-state index contributed by atoms with van der Waals surface area (Å²) in [4.78, 5) is 23.3. The first kappa shape index (κ1) is 13.9. The van der Waals surface area contributed by atoms with E-state index in [1.54, 1.807) is 0 Å². The lowest BCUT2D eigenvalue weighted by Crippen LogP contribution is -2.40. The van der Waals surface area contributed by atoms with Gasteiger partial charge in [0.25, 0.3) is 0 Å². The van der Waals surface area contributed by atoms with Gasteiger partial charge in [0.2, 0.25) is 11.8 Å². The minimum Gasteiger partial charge on any atom is -0.354 e. The van der Waals surface area contributed by atoms with Crippen LogP contribution >= 0.6 is 0 Å². The molecule has 3 N–H and O–H groups in total. The Morgan fingerprint density at radius 1 is 0.950 bits per heavy atom. The Morgan fingerprint density at radius 2 is 1.60 bits per heavy atom. The number of carbonyl (C=O) groups is 2. The fourth-order valence-corrected chi connectivity index (χ4v) is 3.55. The summed E-state index contributed by atoms with van der Waals surface area (Å²) >= 11 is 0. The van der Waals surface area contributed by atoms with Crippen LogP contribution in [0.25, 0.3) is 0 Å². The third-order valence-electron chi connectivity index (χ3n) is 4.74. The van der Waals surface area contributed by atoms with Crippen LogP contribution in [0.2, 0.25) is 0 Å². The maximum Gasteiger partial charge on any atom is 0.223 e. The summed E-state index contributed by atoms with van der Waals surface area (Å²) in [6, 6.07) is 1.29. The van der Waals surface area contributed by atoms with Gasteiger partial charge in [0.1, 0.15) is 0 Å². The van der Waals surface area contributed by atoms with Gasteiger partial charge in [-0.25, -0.2) is 0 Å². The van der Waals surface area contributed by atoms with Crippen molar-refractivity contribution in [3.8, 4) is 0 Å². The molecule has 0 aromatic heterocycles. The molecule has 112 valence electrons. The van der Waals surface area contributed by atoms with Gasteiger partial charge in [-0.3, -0.25) is 9.59 Å². The topological polar surface area (TPSA) is 70.2 Å². The third kappa shape index (κ3) is 3.72. The van der Waals surface area contributed by atoms with Crippen molar-refractivity contribution in [2.45, 2.75) is 57.0 Å². The van der Waals surface area contributed by atoms with Gasteiger partial charge in [-0.05, 0) is 44.4 Å². The number of hydrogen-bond acceptors (Lipinski definition) is 3. The lowest BCUT2D eigenvalue weighted by molar-refractivity contribution is -0.124. The van der Waals surface area contributed by atoms with E-state index < -0.39 is 0 Å². The Balaban J connectivity index is 1.28. The number of carbonyl (C=O) groups excluding carboxylic acids is 2. The molecular weight excluding hydrogens is 254 g/mol. The molecule has 5 nitrogen and oxygen atoms in total. The minimum absolute atomic E-state index is 0.136. The number of piperidine rings is 1. The molecule has 0 aromatic carbocycles. The molecule has 0 radical (unpaired) electrons. The van der Waals surface area contributed by atoms with Crippen molar-refractivity contribution < 1.29 is 9.59 Å². The van der Waals surface area contributed by atoms with Crippen LogP contribution in [0.4, 0.5) is 0 Å². The van der Waals surface area contributed by atoms with Crippen LogP contribution in [0.15, 0.2) is 0 Å². The molecule has 2 amide bonds. The molecule has 1 saturated carbocycles. The SMILES string of the molecule is O=C(CC1CC2CCC(C1)N2)NCCNC(=O)C1CC1. The van der Waals surface area contributed by atoms with Gasteiger partial charge in [-0.1, -0.05) is 0 Å². The molecule has 2 aliphatic heterocycles. The van der Waals surface area contributed by atoms with Gasteiger partial charge in [0.15, 0.2) is 0 Å². The summed E-state index contributed by atoms with van der Waals surface area (Å²) in [7, 11) is 0. The Morgan fingerprint density at radius 3 is 2.25 bits per heavy atom. The van der Waals surface area contributed by atoms with E-state index >= 15 is 0 Å². The molecule has 3 fully saturated rings. The summed E-state index contributed by atoms with van der Waals surface area (Å²) in [5.41, 5.74) is 0. The fraction of sp³-hybridized carbons (Fsp3) is 0.867. The van der Waals surface area contributed by atoms with Crippen LogP contribution < -0.4 is 16.0 Å². The summed E-state index contributed by atoms with van der Waals surface area (Å²) in [6.45, 7) is 1.10. The van der Waals surface area contributed by atoms with Gasteiger partial charge in [0, 0.05) is 37.5 Å². The zero-order chi connectivity index (χ0) is 13.9. The van der Waals surface area contributed by atoms with Crippen molar-refractivity contribution in [3.63, 3.8) is 0 Å². The van der Waals surface area contributed by atoms with E-state index in [4.69, 9.17) is 0 Å². The Kier molecular flexibility index (Phi) is 4.24. The maximum absolute atomic E-state index is 11.9. The Hall–Kier alpha value is -1.10. The standard InChI is InChI=1S/C15H25N3O2/c19-14(16-5-6-17-15(20)11-1-2-11)9-10-7-12-3-4-13(8-10)18-12/h10-13,18H,1-9H2,(H,16,19)(H,17,20). The van der Waals surface area contributed by atoms with Crippen LogP contribution in [0, 0.1) is 11.8 Å². The molecule has 1 aliphatic carbocycles. The second-order valence-corrected chi connectivity index (χ2v) is 6.59. The Labute approximate surface area is 120 Å². The quantitative estimate of drug-likeness (QED) is 0.622. The normalized spacial score (nSPS) is 31.9. The zero-order valence-electron chi connectivity index (χ0n) is 12.0. The number of nitrogens with one attached hydrogen (secondary N) is 3. The van der Waals surface area contributed by atoms with E-state index in [0.717, 1.165) is 25.7 Å². The molecule has 2 atom stereocenters. The van der Waals surface area contributed by atoms with Crippen molar-refractivity contribution in [1.29, 1.82) is 0 Å². The van der Waals surface area contributed by atoms with Gasteiger partial charge < -0.3 is 16.0 Å². The predicted molar refractivity (Wildman–Crippen MR) is 76.0 cm³/mol. The zero-order valence-corrected chi connectivity index (χ0v) is 12.0. The first-order chi connectivity index (χ1) is 9.70. The summed E-state index contributed by atoms with van der Waals surface area (Å²) in [5, 5.41) is 9.38. The van der Waals surface area contributed by atoms with Gasteiger partial charge in [-0.2, -0.15) is 0 Å². The van der Waals surface area contributed by atoms with Crippen LogP contribution in [-0.2, 0) is 9.59 Å².